The normalized spacial score (nSPS) is 13.1. The quantitative estimate of drug-likeness (QED) is 0.825. The summed E-state index contributed by atoms with van der Waals surface area (Å²) in [4.78, 5) is 4.18. The Bertz CT molecular complexity index is 705. The molecule has 0 fully saturated rings. The van der Waals surface area contributed by atoms with Crippen LogP contribution in [0.15, 0.2) is 52.0 Å². The Labute approximate surface area is 126 Å². The molecule has 1 atom stereocenters. The number of rotatable bonds is 4. The second-order valence-electron chi connectivity index (χ2n) is 4.28. The van der Waals surface area contributed by atoms with Crippen LogP contribution in [0.1, 0.15) is 18.7 Å². The van der Waals surface area contributed by atoms with E-state index >= 15 is 0 Å². The third-order valence-corrected chi connectivity index (χ3v) is 4.82. The average Bonchev–Trinajstić information content (AvgIpc) is 2.42. The zero-order valence-electron chi connectivity index (χ0n) is 10.7. The molecule has 2 rings (SSSR count). The van der Waals surface area contributed by atoms with Crippen molar-refractivity contribution >= 4 is 31.6 Å². The molecule has 106 valence electrons. The van der Waals surface area contributed by atoms with E-state index in [-0.39, 0.29) is 10.6 Å². The topological polar surface area (TPSA) is 85.1 Å². The lowest BCUT2D eigenvalue weighted by atomic mass is 10.2. The number of benzene rings is 1. The Morgan fingerprint density at radius 3 is 2.70 bits per heavy atom. The molecule has 7 heteroatoms. The highest BCUT2D eigenvalue weighted by Gasteiger charge is 2.21. The fraction of sp³-hybridized carbons (Fsp3) is 0.154. The van der Waals surface area contributed by atoms with Crippen LogP contribution in [-0.4, -0.2) is 13.4 Å². The van der Waals surface area contributed by atoms with Crippen molar-refractivity contribution in [1.82, 2.24) is 9.71 Å². The number of halogens is 1. The van der Waals surface area contributed by atoms with Crippen LogP contribution >= 0.6 is 15.9 Å². The van der Waals surface area contributed by atoms with E-state index < -0.39 is 16.1 Å². The first-order valence-corrected chi connectivity index (χ1v) is 8.16. The molecule has 0 bridgehead atoms. The largest absolute Gasteiger partial charge is 0.398 e. The maximum Gasteiger partial charge on any atom is 0.243 e. The molecule has 0 amide bonds. The minimum atomic E-state index is -3.71. The summed E-state index contributed by atoms with van der Waals surface area (Å²) in [5, 5.41) is 0. The maximum absolute atomic E-state index is 12.3. The number of sulfonamides is 1. The summed E-state index contributed by atoms with van der Waals surface area (Å²) in [6.45, 7) is 1.73. The van der Waals surface area contributed by atoms with Crippen LogP contribution in [0, 0.1) is 0 Å². The first-order valence-electron chi connectivity index (χ1n) is 5.88. The summed E-state index contributed by atoms with van der Waals surface area (Å²) in [6.07, 6.45) is 1.62. The van der Waals surface area contributed by atoms with Crippen LogP contribution in [0.2, 0.25) is 0 Å². The van der Waals surface area contributed by atoms with E-state index in [9.17, 15) is 8.42 Å². The Morgan fingerprint density at radius 1 is 1.30 bits per heavy atom. The summed E-state index contributed by atoms with van der Waals surface area (Å²) in [5.41, 5.74) is 6.58. The number of hydrogen-bond acceptors (Lipinski definition) is 4. The molecular weight excluding hydrogens is 342 g/mol. The number of nitrogens with one attached hydrogen (secondary N) is 1. The van der Waals surface area contributed by atoms with Gasteiger partial charge in [-0.05, 0) is 37.3 Å². The number of anilines is 1. The van der Waals surface area contributed by atoms with Crippen molar-refractivity contribution in [2.45, 2.75) is 17.9 Å². The van der Waals surface area contributed by atoms with Gasteiger partial charge in [0.15, 0.2) is 0 Å². The van der Waals surface area contributed by atoms with E-state index in [1.807, 2.05) is 0 Å². The van der Waals surface area contributed by atoms with Gasteiger partial charge in [0.25, 0.3) is 0 Å². The van der Waals surface area contributed by atoms with E-state index in [1.54, 1.807) is 43.5 Å². The van der Waals surface area contributed by atoms with Crippen LogP contribution in [0.3, 0.4) is 0 Å². The van der Waals surface area contributed by atoms with Crippen LogP contribution < -0.4 is 10.5 Å². The average molecular weight is 356 g/mol. The third kappa shape index (κ3) is 3.36. The van der Waals surface area contributed by atoms with E-state index in [0.29, 0.717) is 10.2 Å². The minimum Gasteiger partial charge on any atom is -0.398 e. The van der Waals surface area contributed by atoms with E-state index in [0.717, 1.165) is 0 Å². The van der Waals surface area contributed by atoms with Crippen molar-refractivity contribution in [3.63, 3.8) is 0 Å². The molecule has 0 aliphatic rings. The van der Waals surface area contributed by atoms with Gasteiger partial charge in [-0.15, -0.1) is 0 Å². The first kappa shape index (κ1) is 15.0. The zero-order chi connectivity index (χ0) is 14.8. The molecule has 1 aromatic heterocycles. The second kappa shape index (κ2) is 5.90. The van der Waals surface area contributed by atoms with E-state index in [2.05, 4.69) is 25.6 Å². The Hall–Kier alpha value is -1.44. The van der Waals surface area contributed by atoms with E-state index in [4.69, 9.17) is 5.73 Å². The molecule has 0 radical (unpaired) electrons. The Balaban J connectivity index is 2.30. The predicted octanol–water partition coefficient (Wildman–Crippen LogP) is 2.47. The first-order chi connectivity index (χ1) is 9.40. The van der Waals surface area contributed by atoms with Crippen molar-refractivity contribution in [2.24, 2.45) is 0 Å². The molecular formula is C13H14BrN3O2S. The van der Waals surface area contributed by atoms with Gasteiger partial charge in [-0.1, -0.05) is 22.0 Å². The molecule has 1 heterocycles. The molecule has 20 heavy (non-hydrogen) atoms. The van der Waals surface area contributed by atoms with Crippen LogP contribution in [0.25, 0.3) is 0 Å². The molecule has 3 N–H and O–H groups in total. The summed E-state index contributed by atoms with van der Waals surface area (Å²) >= 11 is 3.24. The van der Waals surface area contributed by atoms with Crippen molar-refractivity contribution in [3.8, 4) is 0 Å². The lowest BCUT2D eigenvalue weighted by molar-refractivity contribution is 0.564. The number of nitrogen functional groups attached to an aromatic ring is 1. The maximum atomic E-state index is 12.3. The van der Waals surface area contributed by atoms with Crippen molar-refractivity contribution in [2.75, 3.05) is 5.73 Å². The van der Waals surface area contributed by atoms with Crippen LogP contribution in [0.5, 0.6) is 0 Å². The lowest BCUT2D eigenvalue weighted by Crippen LogP contribution is -2.28. The SMILES string of the molecule is CC(NS(=O)(=O)c1cc(Br)ccc1N)c1ccccn1. The molecule has 0 saturated carbocycles. The third-order valence-electron chi connectivity index (χ3n) is 2.73. The number of pyridine rings is 1. The second-order valence-corrected chi connectivity index (χ2v) is 6.88. The molecule has 5 nitrogen and oxygen atoms in total. The number of hydrogen-bond donors (Lipinski definition) is 2. The summed E-state index contributed by atoms with van der Waals surface area (Å²) in [6, 6.07) is 9.61. The number of aromatic nitrogens is 1. The van der Waals surface area contributed by atoms with Crippen LogP contribution in [0.4, 0.5) is 5.69 Å². The molecule has 0 aliphatic carbocycles. The number of nitrogens with zero attached hydrogens (tertiary/aromatic N) is 1. The fourth-order valence-electron chi connectivity index (χ4n) is 1.73. The zero-order valence-corrected chi connectivity index (χ0v) is 13.1. The molecule has 0 aliphatic heterocycles. The smallest absolute Gasteiger partial charge is 0.243 e. The standard InChI is InChI=1S/C13H14BrN3O2S/c1-9(12-4-2-3-7-16-12)17-20(18,19)13-8-10(14)5-6-11(13)15/h2-9,17H,15H2,1H3. The van der Waals surface area contributed by atoms with Crippen molar-refractivity contribution in [3.05, 3.63) is 52.8 Å². The minimum absolute atomic E-state index is 0.0506. The van der Waals surface area contributed by atoms with Gasteiger partial charge < -0.3 is 5.73 Å². The Kier molecular flexibility index (Phi) is 4.42. The van der Waals surface area contributed by atoms with Crippen molar-refractivity contribution in [1.29, 1.82) is 0 Å². The van der Waals surface area contributed by atoms with Gasteiger partial charge >= 0.3 is 0 Å². The number of nitrogens with two attached hydrogens (primary N) is 1. The molecule has 1 aromatic carbocycles. The van der Waals surface area contributed by atoms with Gasteiger partial charge in [0.2, 0.25) is 10.0 Å². The molecule has 2 aromatic rings. The summed E-state index contributed by atoms with van der Waals surface area (Å²) in [5.74, 6) is 0. The molecule has 1 unspecified atom stereocenters. The highest BCUT2D eigenvalue weighted by Crippen LogP contribution is 2.24. The highest BCUT2D eigenvalue weighted by molar-refractivity contribution is 9.10. The van der Waals surface area contributed by atoms with Gasteiger partial charge in [0, 0.05) is 10.7 Å². The van der Waals surface area contributed by atoms with Crippen molar-refractivity contribution < 1.29 is 8.42 Å². The summed E-state index contributed by atoms with van der Waals surface area (Å²) in [7, 11) is -3.71. The summed E-state index contributed by atoms with van der Waals surface area (Å²) < 4.78 is 27.9. The highest BCUT2D eigenvalue weighted by atomic mass is 79.9. The molecule has 0 spiro atoms. The van der Waals surface area contributed by atoms with Crippen LogP contribution in [-0.2, 0) is 10.0 Å². The van der Waals surface area contributed by atoms with Gasteiger partial charge in [0.1, 0.15) is 4.90 Å². The molecule has 0 saturated heterocycles. The van der Waals surface area contributed by atoms with Gasteiger partial charge in [-0.2, -0.15) is 0 Å². The fourth-order valence-corrected chi connectivity index (χ4v) is 3.62. The predicted molar refractivity (Wildman–Crippen MR) is 81.5 cm³/mol. The lowest BCUT2D eigenvalue weighted by Gasteiger charge is -2.15. The van der Waals surface area contributed by atoms with Gasteiger partial charge in [-0.25, -0.2) is 13.1 Å². The Morgan fingerprint density at radius 2 is 2.05 bits per heavy atom. The van der Waals surface area contributed by atoms with Gasteiger partial charge in [-0.3, -0.25) is 4.98 Å². The monoisotopic (exact) mass is 355 g/mol. The van der Waals surface area contributed by atoms with E-state index in [1.165, 1.54) is 6.07 Å². The van der Waals surface area contributed by atoms with Gasteiger partial charge in [0.05, 0.1) is 17.4 Å².